The molecule has 52 heavy (non-hydrogen) atoms. The normalized spacial score (nSPS) is 11.1. The van der Waals surface area contributed by atoms with Gasteiger partial charge in [0, 0.05) is 11.6 Å². The molecule has 0 aliphatic carbocycles. The van der Waals surface area contributed by atoms with Crippen LogP contribution in [0.15, 0.2) is 134 Å². The molecule has 0 aliphatic heterocycles. The van der Waals surface area contributed by atoms with Gasteiger partial charge in [-0.05, 0) is 94.8 Å². The average molecular weight is 684 g/mol. The number of rotatable bonds is 10. The molecule has 0 amide bonds. The SMILES string of the molecule is C=Cc1ccc(OCc2ccccc2)cc1-c1ccc2c(C(=O)[O-])c3ccccc3[n+](C)c2c1-c1ccc(C(=O)OCc2c(C)cccc2C)cc1. The molecule has 7 aromatic rings. The van der Waals surface area contributed by atoms with Gasteiger partial charge in [0.25, 0.3) is 0 Å². The van der Waals surface area contributed by atoms with Crippen molar-refractivity contribution >= 4 is 39.8 Å². The van der Waals surface area contributed by atoms with Gasteiger partial charge in [0.05, 0.1) is 27.9 Å². The number of ether oxygens (including phenoxy) is 2. The summed E-state index contributed by atoms with van der Waals surface area (Å²) in [5.41, 5.74) is 10.3. The van der Waals surface area contributed by atoms with Crippen molar-refractivity contribution in [3.63, 3.8) is 0 Å². The molecule has 0 saturated heterocycles. The zero-order chi connectivity index (χ0) is 36.4. The van der Waals surface area contributed by atoms with E-state index in [4.69, 9.17) is 9.47 Å². The lowest BCUT2D eigenvalue weighted by Gasteiger charge is -2.18. The van der Waals surface area contributed by atoms with Gasteiger partial charge >= 0.3 is 5.97 Å². The summed E-state index contributed by atoms with van der Waals surface area (Å²) in [5.74, 6) is -1.01. The van der Waals surface area contributed by atoms with Gasteiger partial charge in [-0.15, -0.1) is 0 Å². The highest BCUT2D eigenvalue weighted by molar-refractivity contribution is 6.15. The minimum absolute atomic E-state index is 0.118. The molecule has 0 N–H and O–H groups in total. The van der Waals surface area contributed by atoms with Gasteiger partial charge in [-0.1, -0.05) is 97.6 Å². The Morgan fingerprint density at radius 2 is 1.46 bits per heavy atom. The van der Waals surface area contributed by atoms with Gasteiger partial charge in [-0.25, -0.2) is 4.79 Å². The predicted octanol–water partition coefficient (Wildman–Crippen LogP) is 8.71. The molecule has 1 aromatic heterocycles. The Bertz CT molecular complexity index is 2480. The van der Waals surface area contributed by atoms with Crippen LogP contribution in [0.5, 0.6) is 5.75 Å². The number of aromatic carboxylic acids is 1. The van der Waals surface area contributed by atoms with Gasteiger partial charge in [0.2, 0.25) is 11.0 Å². The summed E-state index contributed by atoms with van der Waals surface area (Å²) in [6, 6.07) is 40.3. The lowest BCUT2D eigenvalue weighted by Crippen LogP contribution is -2.33. The highest BCUT2D eigenvalue weighted by Gasteiger charge is 2.26. The second-order valence-corrected chi connectivity index (χ2v) is 12.9. The number of carbonyl (C=O) groups excluding carboxylic acids is 2. The van der Waals surface area contributed by atoms with Gasteiger partial charge < -0.3 is 19.4 Å². The van der Waals surface area contributed by atoms with E-state index in [-0.39, 0.29) is 12.2 Å². The number of carbonyl (C=O) groups is 2. The zero-order valence-corrected chi connectivity index (χ0v) is 29.3. The minimum atomic E-state index is -1.26. The van der Waals surface area contributed by atoms with Crippen LogP contribution in [0.2, 0.25) is 0 Å². The van der Waals surface area contributed by atoms with Crippen molar-refractivity contribution in [2.24, 2.45) is 7.05 Å². The second-order valence-electron chi connectivity index (χ2n) is 12.9. The van der Waals surface area contributed by atoms with E-state index < -0.39 is 11.9 Å². The third-order valence-corrected chi connectivity index (χ3v) is 9.71. The Labute approximate surface area is 302 Å². The van der Waals surface area contributed by atoms with Crippen LogP contribution in [-0.4, -0.2) is 11.9 Å². The van der Waals surface area contributed by atoms with E-state index in [0.717, 1.165) is 55.6 Å². The number of carboxylic acids is 1. The van der Waals surface area contributed by atoms with Crippen LogP contribution in [0, 0.1) is 13.8 Å². The average Bonchev–Trinajstić information content (AvgIpc) is 3.16. The van der Waals surface area contributed by atoms with Crippen LogP contribution in [0.1, 0.15) is 48.5 Å². The van der Waals surface area contributed by atoms with Gasteiger partial charge in [-0.3, -0.25) is 0 Å². The van der Waals surface area contributed by atoms with E-state index in [0.29, 0.717) is 34.2 Å². The number of aryl methyl sites for hydroxylation is 3. The van der Waals surface area contributed by atoms with Crippen LogP contribution in [0.25, 0.3) is 50.1 Å². The van der Waals surface area contributed by atoms with Gasteiger partial charge in [-0.2, -0.15) is 4.57 Å². The molecule has 0 atom stereocenters. The highest BCUT2D eigenvalue weighted by atomic mass is 16.5. The Hall–Kier alpha value is -6.53. The van der Waals surface area contributed by atoms with Crippen molar-refractivity contribution in [1.29, 1.82) is 0 Å². The smallest absolute Gasteiger partial charge is 0.338 e. The Morgan fingerprint density at radius 1 is 0.750 bits per heavy atom. The van der Waals surface area contributed by atoms with E-state index in [2.05, 4.69) is 6.58 Å². The first kappa shape index (κ1) is 33.9. The monoisotopic (exact) mass is 683 g/mol. The fourth-order valence-corrected chi connectivity index (χ4v) is 6.97. The van der Waals surface area contributed by atoms with Crippen LogP contribution in [0.3, 0.4) is 0 Å². The number of nitrogens with zero attached hydrogens (tertiary/aromatic N) is 1. The second kappa shape index (κ2) is 14.4. The topological polar surface area (TPSA) is 79.5 Å². The number of fused-ring (bicyclic) bond motifs is 2. The minimum Gasteiger partial charge on any atom is -0.545 e. The Balaban J connectivity index is 1.39. The molecule has 6 heteroatoms. The number of hydrogen-bond acceptors (Lipinski definition) is 5. The number of aromatic nitrogens is 1. The molecular formula is C46H37NO5. The van der Waals surface area contributed by atoms with Crippen molar-refractivity contribution in [3.05, 3.63) is 173 Å². The summed E-state index contributed by atoms with van der Waals surface area (Å²) < 4.78 is 14.0. The molecule has 0 fully saturated rings. The van der Waals surface area contributed by atoms with E-state index in [1.807, 2.05) is 135 Å². The Morgan fingerprint density at radius 3 is 2.17 bits per heavy atom. The number of esters is 1. The number of carboxylic acid groups (broad SMARTS) is 1. The fourth-order valence-electron chi connectivity index (χ4n) is 6.97. The van der Waals surface area contributed by atoms with Crippen molar-refractivity contribution < 1.29 is 28.7 Å². The molecule has 256 valence electrons. The molecule has 1 heterocycles. The maximum absolute atomic E-state index is 13.3. The third-order valence-electron chi connectivity index (χ3n) is 9.71. The molecule has 0 spiro atoms. The highest BCUT2D eigenvalue weighted by Crippen LogP contribution is 2.42. The summed E-state index contributed by atoms with van der Waals surface area (Å²) in [6.07, 6.45) is 1.80. The van der Waals surface area contributed by atoms with E-state index in [9.17, 15) is 14.7 Å². The van der Waals surface area contributed by atoms with Crippen LogP contribution >= 0.6 is 0 Å². The molecule has 6 nitrogen and oxygen atoms in total. The summed E-state index contributed by atoms with van der Waals surface area (Å²) in [4.78, 5) is 26.1. The molecule has 0 unspecified atom stereocenters. The summed E-state index contributed by atoms with van der Waals surface area (Å²) >= 11 is 0. The predicted molar refractivity (Wildman–Crippen MR) is 204 cm³/mol. The maximum Gasteiger partial charge on any atom is 0.338 e. The molecule has 0 bridgehead atoms. The lowest BCUT2D eigenvalue weighted by molar-refractivity contribution is -0.617. The third kappa shape index (κ3) is 6.42. The van der Waals surface area contributed by atoms with Crippen molar-refractivity contribution in [1.82, 2.24) is 0 Å². The first-order chi connectivity index (χ1) is 25.2. The van der Waals surface area contributed by atoms with Crippen molar-refractivity contribution in [2.45, 2.75) is 27.1 Å². The number of benzene rings is 6. The maximum atomic E-state index is 13.3. The first-order valence-electron chi connectivity index (χ1n) is 17.1. The van der Waals surface area contributed by atoms with Crippen LogP contribution < -0.4 is 14.4 Å². The fraction of sp³-hybridized carbons (Fsp3) is 0.109. The summed E-state index contributed by atoms with van der Waals surface area (Å²) in [7, 11) is 1.93. The first-order valence-corrected chi connectivity index (χ1v) is 17.1. The summed E-state index contributed by atoms with van der Waals surface area (Å²) in [6.45, 7) is 8.68. The largest absolute Gasteiger partial charge is 0.545 e. The zero-order valence-electron chi connectivity index (χ0n) is 29.3. The van der Waals surface area contributed by atoms with Gasteiger partial charge in [0.1, 0.15) is 26.0 Å². The van der Waals surface area contributed by atoms with E-state index in [1.54, 1.807) is 24.3 Å². The number of para-hydroxylation sites is 1. The molecule has 0 radical (unpaired) electrons. The lowest BCUT2D eigenvalue weighted by atomic mass is 9.87. The number of pyridine rings is 1. The molecule has 7 rings (SSSR count). The molecule has 6 aromatic carbocycles. The molecule has 0 aliphatic rings. The summed E-state index contributed by atoms with van der Waals surface area (Å²) in [5, 5.41) is 13.9. The van der Waals surface area contributed by atoms with Crippen molar-refractivity contribution in [3.8, 4) is 28.0 Å². The van der Waals surface area contributed by atoms with E-state index in [1.165, 1.54) is 0 Å². The molecular weight excluding hydrogens is 647 g/mol. The van der Waals surface area contributed by atoms with Crippen molar-refractivity contribution in [2.75, 3.05) is 0 Å². The van der Waals surface area contributed by atoms with E-state index >= 15 is 0 Å². The quantitative estimate of drug-likeness (QED) is 0.0819. The number of hydrogen-bond donors (Lipinski definition) is 0. The van der Waals surface area contributed by atoms with Crippen LogP contribution in [-0.2, 0) is 25.0 Å². The standard InChI is InChI=1S/C46H37NO5/c1-5-32-22-23-35(51-27-31-14-7-6-8-15-31)26-39(32)36-24-25-38-43(45(48)49)37-16-9-10-17-41(37)47(4)44(38)42(36)33-18-20-34(21-19-33)46(50)52-28-40-29(2)12-11-13-30(40)3/h5-26H,1,27-28H2,2-4H3. The Kier molecular flexibility index (Phi) is 9.38. The van der Waals surface area contributed by atoms with Gasteiger partial charge in [0.15, 0.2) is 0 Å². The van der Waals surface area contributed by atoms with Crippen LogP contribution in [0.4, 0.5) is 0 Å². The molecule has 0 saturated carbocycles.